The Morgan fingerprint density at radius 2 is 1.69 bits per heavy atom. The molecule has 1 aromatic rings. The first-order chi connectivity index (χ1) is 12.5. The van der Waals surface area contributed by atoms with Crippen molar-refractivity contribution in [3.63, 3.8) is 0 Å². The van der Waals surface area contributed by atoms with E-state index in [1.54, 1.807) is 30.0 Å². The lowest BCUT2D eigenvalue weighted by atomic mass is 10.2. The standard InChI is InChI=1S/C20H29FN2O3/c1-4-22(5-2)15-16-23(14-13-20(25)26-6-3)19(24)12-9-17-7-10-18(21)11-8-17/h7-12H,4-6,13-16H2,1-3H3/b12-9+. The Labute approximate surface area is 155 Å². The number of ether oxygens (including phenoxy) is 1. The topological polar surface area (TPSA) is 49.9 Å². The maximum atomic E-state index is 12.9. The largest absolute Gasteiger partial charge is 0.466 e. The summed E-state index contributed by atoms with van der Waals surface area (Å²) in [7, 11) is 0. The number of nitrogens with zero attached hydrogens (tertiary/aromatic N) is 2. The molecule has 1 amide bonds. The molecule has 0 radical (unpaired) electrons. The second-order valence-electron chi connectivity index (χ2n) is 5.79. The van der Waals surface area contributed by atoms with Crippen LogP contribution in [-0.2, 0) is 14.3 Å². The summed E-state index contributed by atoms with van der Waals surface area (Å²) in [5.74, 6) is -0.801. The van der Waals surface area contributed by atoms with Gasteiger partial charge in [0.2, 0.25) is 5.91 Å². The van der Waals surface area contributed by atoms with Gasteiger partial charge >= 0.3 is 5.97 Å². The lowest BCUT2D eigenvalue weighted by Crippen LogP contribution is -2.39. The third-order valence-electron chi connectivity index (χ3n) is 4.07. The van der Waals surface area contributed by atoms with Crippen molar-refractivity contribution in [2.24, 2.45) is 0 Å². The molecule has 0 aliphatic rings. The maximum absolute atomic E-state index is 12.9. The molecular weight excluding hydrogens is 335 g/mol. The Kier molecular flexibility index (Phi) is 10.2. The molecule has 0 spiro atoms. The number of hydrogen-bond acceptors (Lipinski definition) is 4. The van der Waals surface area contributed by atoms with Crippen molar-refractivity contribution in [2.75, 3.05) is 39.3 Å². The zero-order valence-electron chi connectivity index (χ0n) is 15.9. The number of rotatable bonds is 11. The molecule has 0 aliphatic heterocycles. The van der Waals surface area contributed by atoms with Crippen LogP contribution in [0.3, 0.4) is 0 Å². The van der Waals surface area contributed by atoms with E-state index in [0.717, 1.165) is 25.2 Å². The third-order valence-corrected chi connectivity index (χ3v) is 4.07. The van der Waals surface area contributed by atoms with Crippen LogP contribution in [0.15, 0.2) is 30.3 Å². The van der Waals surface area contributed by atoms with Gasteiger partial charge in [0.25, 0.3) is 0 Å². The summed E-state index contributed by atoms with van der Waals surface area (Å²) in [6.07, 6.45) is 3.28. The fourth-order valence-corrected chi connectivity index (χ4v) is 2.44. The summed E-state index contributed by atoms with van der Waals surface area (Å²) in [6.45, 7) is 9.63. The van der Waals surface area contributed by atoms with E-state index in [1.807, 2.05) is 0 Å². The van der Waals surface area contributed by atoms with Crippen molar-refractivity contribution >= 4 is 18.0 Å². The third kappa shape index (κ3) is 8.25. The van der Waals surface area contributed by atoms with E-state index in [2.05, 4.69) is 18.7 Å². The summed E-state index contributed by atoms with van der Waals surface area (Å²) >= 11 is 0. The van der Waals surface area contributed by atoms with E-state index in [0.29, 0.717) is 19.7 Å². The predicted molar refractivity (Wildman–Crippen MR) is 101 cm³/mol. The van der Waals surface area contributed by atoms with Crippen LogP contribution in [0.4, 0.5) is 4.39 Å². The highest BCUT2D eigenvalue weighted by Gasteiger charge is 2.14. The van der Waals surface area contributed by atoms with E-state index in [4.69, 9.17) is 4.74 Å². The summed E-state index contributed by atoms with van der Waals surface area (Å²) < 4.78 is 17.9. The van der Waals surface area contributed by atoms with Crippen LogP contribution in [-0.4, -0.2) is 61.0 Å². The second-order valence-corrected chi connectivity index (χ2v) is 5.79. The first-order valence-corrected chi connectivity index (χ1v) is 9.10. The minimum Gasteiger partial charge on any atom is -0.466 e. The fraction of sp³-hybridized carbons (Fsp3) is 0.500. The first kappa shape index (κ1) is 21.8. The van der Waals surface area contributed by atoms with Crippen LogP contribution in [0, 0.1) is 5.82 Å². The van der Waals surface area contributed by atoms with Crippen molar-refractivity contribution in [1.82, 2.24) is 9.80 Å². The molecule has 144 valence electrons. The first-order valence-electron chi connectivity index (χ1n) is 9.10. The Bertz CT molecular complexity index is 583. The van der Waals surface area contributed by atoms with Crippen molar-refractivity contribution in [3.8, 4) is 0 Å². The molecule has 0 saturated carbocycles. The molecule has 0 atom stereocenters. The number of likely N-dealkylation sites (N-methyl/N-ethyl adjacent to an activating group) is 1. The van der Waals surface area contributed by atoms with E-state index < -0.39 is 0 Å². The Hall–Kier alpha value is -2.21. The highest BCUT2D eigenvalue weighted by atomic mass is 19.1. The normalized spacial score (nSPS) is 11.1. The van der Waals surface area contributed by atoms with Gasteiger partial charge in [0.1, 0.15) is 5.82 Å². The molecule has 26 heavy (non-hydrogen) atoms. The maximum Gasteiger partial charge on any atom is 0.307 e. The lowest BCUT2D eigenvalue weighted by molar-refractivity contribution is -0.143. The molecule has 1 rings (SSSR count). The van der Waals surface area contributed by atoms with Crippen LogP contribution >= 0.6 is 0 Å². The van der Waals surface area contributed by atoms with Crippen LogP contribution < -0.4 is 0 Å². The quantitative estimate of drug-likeness (QED) is 0.447. The molecule has 0 saturated heterocycles. The Morgan fingerprint density at radius 3 is 2.27 bits per heavy atom. The highest BCUT2D eigenvalue weighted by Crippen LogP contribution is 2.06. The van der Waals surface area contributed by atoms with Crippen LogP contribution in [0.2, 0.25) is 0 Å². The average molecular weight is 364 g/mol. The van der Waals surface area contributed by atoms with Gasteiger partial charge in [-0.1, -0.05) is 26.0 Å². The molecule has 0 heterocycles. The summed E-state index contributed by atoms with van der Waals surface area (Å²) in [6, 6.07) is 5.92. The van der Waals surface area contributed by atoms with Gasteiger partial charge in [0, 0.05) is 25.7 Å². The van der Waals surface area contributed by atoms with Crippen molar-refractivity contribution in [1.29, 1.82) is 0 Å². The number of hydrogen-bond donors (Lipinski definition) is 0. The van der Waals surface area contributed by atoms with Gasteiger partial charge in [-0.2, -0.15) is 0 Å². The monoisotopic (exact) mass is 364 g/mol. The van der Waals surface area contributed by atoms with Gasteiger partial charge in [-0.15, -0.1) is 0 Å². The van der Waals surface area contributed by atoms with Crippen LogP contribution in [0.1, 0.15) is 32.8 Å². The molecule has 0 fully saturated rings. The van der Waals surface area contributed by atoms with Gasteiger partial charge in [-0.05, 0) is 43.8 Å². The summed E-state index contributed by atoms with van der Waals surface area (Å²) in [5.41, 5.74) is 0.744. The Balaban J connectivity index is 2.71. The highest BCUT2D eigenvalue weighted by molar-refractivity contribution is 5.92. The number of carbonyl (C=O) groups is 2. The van der Waals surface area contributed by atoms with Crippen molar-refractivity contribution in [3.05, 3.63) is 41.7 Å². The smallest absolute Gasteiger partial charge is 0.307 e. The molecule has 0 bridgehead atoms. The van der Waals surface area contributed by atoms with E-state index >= 15 is 0 Å². The average Bonchev–Trinajstić information content (AvgIpc) is 2.64. The van der Waals surface area contributed by atoms with Crippen LogP contribution in [0.5, 0.6) is 0 Å². The summed E-state index contributed by atoms with van der Waals surface area (Å²) in [5, 5.41) is 0. The number of amides is 1. The minimum absolute atomic E-state index is 0.169. The van der Waals surface area contributed by atoms with E-state index in [9.17, 15) is 14.0 Å². The lowest BCUT2D eigenvalue weighted by Gasteiger charge is -2.25. The zero-order valence-corrected chi connectivity index (χ0v) is 15.9. The molecule has 1 aromatic carbocycles. The van der Waals surface area contributed by atoms with Crippen LogP contribution in [0.25, 0.3) is 6.08 Å². The Morgan fingerprint density at radius 1 is 1.04 bits per heavy atom. The molecule has 0 N–H and O–H groups in total. The predicted octanol–water partition coefficient (Wildman–Crippen LogP) is 2.96. The van der Waals surface area contributed by atoms with E-state index in [1.165, 1.54) is 18.2 Å². The van der Waals surface area contributed by atoms with Crippen molar-refractivity contribution < 1.29 is 18.7 Å². The zero-order chi connectivity index (χ0) is 19.4. The molecular formula is C20H29FN2O3. The van der Waals surface area contributed by atoms with Gasteiger partial charge in [0.05, 0.1) is 13.0 Å². The van der Waals surface area contributed by atoms with Gasteiger partial charge in [-0.3, -0.25) is 9.59 Å². The van der Waals surface area contributed by atoms with E-state index in [-0.39, 0.29) is 24.1 Å². The number of esters is 1. The molecule has 0 unspecified atom stereocenters. The van der Waals surface area contributed by atoms with Crippen molar-refractivity contribution in [2.45, 2.75) is 27.2 Å². The number of halogens is 1. The van der Waals surface area contributed by atoms with Gasteiger partial charge < -0.3 is 14.5 Å². The molecule has 6 heteroatoms. The van der Waals surface area contributed by atoms with Gasteiger partial charge in [-0.25, -0.2) is 4.39 Å². The SMILES string of the molecule is CCOC(=O)CCN(CCN(CC)CC)C(=O)/C=C/c1ccc(F)cc1. The number of carbonyl (C=O) groups excluding carboxylic acids is 2. The molecule has 0 aromatic heterocycles. The molecule has 0 aliphatic carbocycles. The second kappa shape index (κ2) is 12.2. The fourth-order valence-electron chi connectivity index (χ4n) is 2.44. The summed E-state index contributed by atoms with van der Waals surface area (Å²) in [4.78, 5) is 28.0. The number of benzene rings is 1. The molecule has 5 nitrogen and oxygen atoms in total. The van der Waals surface area contributed by atoms with Gasteiger partial charge in [0.15, 0.2) is 0 Å². The minimum atomic E-state index is -0.316.